The molecule has 0 aliphatic rings. The lowest BCUT2D eigenvalue weighted by atomic mass is 10.1. The molecule has 6 nitrogen and oxygen atoms in total. The number of amides is 3. The van der Waals surface area contributed by atoms with Crippen molar-refractivity contribution in [1.82, 2.24) is 5.32 Å². The third-order valence-electron chi connectivity index (χ3n) is 6.87. The number of hydrogen-bond donors (Lipinski definition) is 3. The normalized spacial score (nSPS) is 12.1. The van der Waals surface area contributed by atoms with Gasteiger partial charge in [-0.1, -0.05) is 94.8 Å². The molecule has 0 bridgehead atoms. The summed E-state index contributed by atoms with van der Waals surface area (Å²) in [6.45, 7) is 0. The van der Waals surface area contributed by atoms with E-state index < -0.39 is 34.7 Å². The zero-order valence-corrected chi connectivity index (χ0v) is 27.4. The second kappa shape index (κ2) is 15.6. The summed E-state index contributed by atoms with van der Waals surface area (Å²) in [6, 6.07) is 35.8. The van der Waals surface area contributed by atoms with Crippen LogP contribution in [-0.4, -0.2) is 17.7 Å². The van der Waals surface area contributed by atoms with Crippen molar-refractivity contribution in [3.63, 3.8) is 0 Å². The largest absolute Gasteiger partial charge is 0.418 e. The lowest BCUT2D eigenvalue weighted by Gasteiger charge is -2.19. The number of hydrogen-bond acceptors (Lipinski definition) is 4. The highest BCUT2D eigenvalue weighted by atomic mass is 79.9. The Labute approximate surface area is 287 Å². The minimum atomic E-state index is -4.66. The van der Waals surface area contributed by atoms with E-state index in [1.54, 1.807) is 109 Å². The second-order valence-electron chi connectivity index (χ2n) is 10.4. The minimum absolute atomic E-state index is 0.00937. The number of carbonyl (C=O) groups is 3. The molecule has 1 atom stereocenters. The van der Waals surface area contributed by atoms with Crippen LogP contribution in [0.5, 0.6) is 0 Å². The van der Waals surface area contributed by atoms with Crippen molar-refractivity contribution in [1.29, 1.82) is 0 Å². The monoisotopic (exact) mass is 729 g/mol. The summed E-state index contributed by atoms with van der Waals surface area (Å²) in [5, 5.41) is 7.03. The van der Waals surface area contributed by atoms with Gasteiger partial charge in [-0.2, -0.15) is 13.2 Å². The Morgan fingerprint density at radius 2 is 1.40 bits per heavy atom. The maximum absolute atomic E-state index is 13.7. The van der Waals surface area contributed by atoms with Gasteiger partial charge in [0.15, 0.2) is 0 Å². The predicted octanol–water partition coefficient (Wildman–Crippen LogP) is 9.35. The van der Waals surface area contributed by atoms with Crippen LogP contribution in [0.4, 0.5) is 24.5 Å². The molecule has 0 heterocycles. The molecule has 0 aliphatic heterocycles. The number of alkyl halides is 3. The summed E-state index contributed by atoms with van der Waals surface area (Å²) < 4.78 is 41.7. The van der Waals surface area contributed by atoms with Crippen LogP contribution in [0.3, 0.4) is 0 Å². The standard InChI is InChI=1S/C37H27BrF3N3O3S/c38-27-16-9-11-24(21-27)22-32(44-34(45)26-14-5-2-6-15-26)35(46)42-28-17-10-18-29(23-28)48-33(25-12-3-1-4-13-25)36(47)43-31-20-8-7-19-30(31)37(39,40)41/h1-23,33H,(H,42,46)(H,43,47)(H,44,45)/b32-22+. The van der Waals surface area contributed by atoms with Crippen molar-refractivity contribution >= 4 is 62.9 Å². The molecule has 5 aromatic rings. The van der Waals surface area contributed by atoms with Crippen molar-refractivity contribution in [3.8, 4) is 0 Å². The van der Waals surface area contributed by atoms with Crippen LogP contribution in [0.15, 0.2) is 149 Å². The highest BCUT2D eigenvalue weighted by molar-refractivity contribution is 9.10. The van der Waals surface area contributed by atoms with E-state index in [4.69, 9.17) is 0 Å². The van der Waals surface area contributed by atoms with Gasteiger partial charge in [0.1, 0.15) is 10.9 Å². The molecule has 242 valence electrons. The van der Waals surface area contributed by atoms with Crippen LogP contribution in [0.1, 0.15) is 32.3 Å². The lowest BCUT2D eigenvalue weighted by molar-refractivity contribution is -0.137. The Morgan fingerprint density at radius 1 is 0.729 bits per heavy atom. The predicted molar refractivity (Wildman–Crippen MR) is 186 cm³/mol. The Kier molecular flexibility index (Phi) is 11.1. The maximum atomic E-state index is 13.7. The van der Waals surface area contributed by atoms with Gasteiger partial charge in [-0.3, -0.25) is 14.4 Å². The van der Waals surface area contributed by atoms with E-state index in [-0.39, 0.29) is 11.4 Å². The third-order valence-corrected chi connectivity index (χ3v) is 8.61. The fourth-order valence-electron chi connectivity index (χ4n) is 4.63. The molecule has 3 amide bonds. The molecule has 11 heteroatoms. The van der Waals surface area contributed by atoms with Gasteiger partial charge in [-0.25, -0.2) is 0 Å². The molecule has 0 aromatic heterocycles. The van der Waals surface area contributed by atoms with Gasteiger partial charge in [-0.05, 0) is 71.8 Å². The molecule has 48 heavy (non-hydrogen) atoms. The quantitative estimate of drug-likeness (QED) is 0.0988. The number of nitrogens with one attached hydrogen (secondary N) is 3. The van der Waals surface area contributed by atoms with Gasteiger partial charge in [0.2, 0.25) is 5.91 Å². The van der Waals surface area contributed by atoms with Gasteiger partial charge in [0.05, 0.1) is 11.3 Å². The van der Waals surface area contributed by atoms with Gasteiger partial charge in [0, 0.05) is 20.6 Å². The zero-order chi connectivity index (χ0) is 34.1. The average molecular weight is 731 g/mol. The number of thioether (sulfide) groups is 1. The molecule has 0 fully saturated rings. The topological polar surface area (TPSA) is 87.3 Å². The first-order valence-corrected chi connectivity index (χ1v) is 16.2. The maximum Gasteiger partial charge on any atom is 0.418 e. The van der Waals surface area contributed by atoms with E-state index in [9.17, 15) is 27.6 Å². The van der Waals surface area contributed by atoms with Gasteiger partial charge >= 0.3 is 6.18 Å². The number of carbonyl (C=O) groups excluding carboxylic acids is 3. The summed E-state index contributed by atoms with van der Waals surface area (Å²) in [5.41, 5.74) is 0.661. The Balaban J connectivity index is 1.39. The van der Waals surface area contributed by atoms with Crippen LogP contribution in [0.2, 0.25) is 0 Å². The fourth-order valence-corrected chi connectivity index (χ4v) is 6.13. The van der Waals surface area contributed by atoms with Gasteiger partial charge in [0.25, 0.3) is 11.8 Å². The van der Waals surface area contributed by atoms with Crippen molar-refractivity contribution < 1.29 is 27.6 Å². The molecule has 5 aromatic carbocycles. The van der Waals surface area contributed by atoms with Gasteiger partial charge < -0.3 is 16.0 Å². The highest BCUT2D eigenvalue weighted by Crippen LogP contribution is 2.39. The molecular weight excluding hydrogens is 703 g/mol. The number of anilines is 2. The van der Waals surface area contributed by atoms with Crippen molar-refractivity contribution in [2.24, 2.45) is 0 Å². The highest BCUT2D eigenvalue weighted by Gasteiger charge is 2.34. The summed E-state index contributed by atoms with van der Waals surface area (Å²) >= 11 is 4.53. The van der Waals surface area contributed by atoms with E-state index in [1.807, 2.05) is 6.07 Å². The third kappa shape index (κ3) is 9.24. The number of benzene rings is 5. The van der Waals surface area contributed by atoms with E-state index >= 15 is 0 Å². The van der Waals surface area contributed by atoms with Crippen molar-refractivity contribution in [2.45, 2.75) is 16.3 Å². The first-order valence-electron chi connectivity index (χ1n) is 14.5. The molecule has 0 radical (unpaired) electrons. The van der Waals surface area contributed by atoms with Crippen LogP contribution < -0.4 is 16.0 Å². The first kappa shape index (κ1) is 34.2. The molecule has 3 N–H and O–H groups in total. The van der Waals surface area contributed by atoms with E-state index in [2.05, 4.69) is 31.9 Å². The van der Waals surface area contributed by atoms with Crippen LogP contribution in [0, 0.1) is 0 Å². The molecule has 0 saturated carbocycles. The lowest BCUT2D eigenvalue weighted by Crippen LogP contribution is -2.30. The Bertz CT molecular complexity index is 1950. The summed E-state index contributed by atoms with van der Waals surface area (Å²) in [4.78, 5) is 40.7. The summed E-state index contributed by atoms with van der Waals surface area (Å²) in [5.74, 6) is -1.72. The molecular formula is C37H27BrF3N3O3S. The summed E-state index contributed by atoms with van der Waals surface area (Å²) in [6.07, 6.45) is -3.11. The SMILES string of the molecule is O=C(Nc1cccc(SC(C(=O)Nc2ccccc2C(F)(F)F)c2ccccc2)c1)/C(=C\c1cccc(Br)c1)NC(=O)c1ccccc1. The molecule has 0 spiro atoms. The minimum Gasteiger partial charge on any atom is -0.324 e. The Hall–Kier alpha value is -5.13. The van der Waals surface area contributed by atoms with Gasteiger partial charge in [-0.15, -0.1) is 11.8 Å². The van der Waals surface area contributed by atoms with Crippen LogP contribution >= 0.6 is 27.7 Å². The smallest absolute Gasteiger partial charge is 0.324 e. The first-order chi connectivity index (χ1) is 23.1. The molecule has 0 saturated heterocycles. The average Bonchev–Trinajstić information content (AvgIpc) is 3.07. The zero-order valence-electron chi connectivity index (χ0n) is 25.0. The Morgan fingerprint density at radius 3 is 2.10 bits per heavy atom. The van der Waals surface area contributed by atoms with E-state index in [1.165, 1.54) is 18.2 Å². The molecule has 0 aliphatic carbocycles. The van der Waals surface area contributed by atoms with Crippen LogP contribution in [0.25, 0.3) is 6.08 Å². The number of halogens is 4. The molecule has 5 rings (SSSR count). The second-order valence-corrected chi connectivity index (χ2v) is 12.5. The van der Waals surface area contributed by atoms with E-state index in [0.29, 0.717) is 27.3 Å². The summed E-state index contributed by atoms with van der Waals surface area (Å²) in [7, 11) is 0. The van der Waals surface area contributed by atoms with Crippen molar-refractivity contribution in [3.05, 3.63) is 166 Å². The number of rotatable bonds is 10. The number of para-hydroxylation sites is 1. The molecule has 1 unspecified atom stereocenters. The fraction of sp³-hybridized carbons (Fsp3) is 0.0541. The van der Waals surface area contributed by atoms with E-state index in [0.717, 1.165) is 22.3 Å². The van der Waals surface area contributed by atoms with Crippen molar-refractivity contribution in [2.75, 3.05) is 10.6 Å². The van der Waals surface area contributed by atoms with Crippen LogP contribution in [-0.2, 0) is 15.8 Å².